The lowest BCUT2D eigenvalue weighted by Gasteiger charge is -2.06. The Hall–Kier alpha value is -2.07. The highest BCUT2D eigenvalue weighted by molar-refractivity contribution is 7.96. The average Bonchev–Trinajstić information content (AvgIpc) is 2.40. The highest BCUT2D eigenvalue weighted by Crippen LogP contribution is 2.12. The van der Waals surface area contributed by atoms with Crippen LogP contribution in [0.3, 0.4) is 0 Å². The Balaban J connectivity index is 2.37. The number of hydrogen-bond donors (Lipinski definition) is 2. The molecule has 0 saturated heterocycles. The summed E-state index contributed by atoms with van der Waals surface area (Å²) >= 11 is 3.72. The number of thiol groups is 1. The smallest absolute Gasteiger partial charge is 0.281 e. The van der Waals surface area contributed by atoms with Gasteiger partial charge in [0.15, 0.2) is 0 Å². The fourth-order valence-corrected chi connectivity index (χ4v) is 1.60. The largest absolute Gasteiger partial charge is 0.301 e. The summed E-state index contributed by atoms with van der Waals surface area (Å²) in [6, 6.07) is 18.9. The van der Waals surface area contributed by atoms with E-state index in [1.54, 1.807) is 0 Å². The van der Waals surface area contributed by atoms with E-state index in [0.29, 0.717) is 5.84 Å². The summed E-state index contributed by atoms with van der Waals surface area (Å²) in [5, 5.41) is 2.18. The van der Waals surface area contributed by atoms with Crippen LogP contribution in [0.25, 0.3) is 0 Å². The molecule has 0 aliphatic rings. The van der Waals surface area contributed by atoms with Crippen molar-refractivity contribution in [3.05, 3.63) is 66.2 Å². The summed E-state index contributed by atoms with van der Waals surface area (Å²) < 4.78 is 0. The summed E-state index contributed by atoms with van der Waals surface area (Å²) in [5.74, 6) is 0.488. The molecular formula is C14H12N2OS. The van der Waals surface area contributed by atoms with Crippen LogP contribution < -0.4 is 5.32 Å². The normalized spacial score (nSPS) is 11.1. The van der Waals surface area contributed by atoms with E-state index in [4.69, 9.17) is 0 Å². The van der Waals surface area contributed by atoms with Gasteiger partial charge in [0.2, 0.25) is 0 Å². The van der Waals surface area contributed by atoms with Gasteiger partial charge < -0.3 is 5.32 Å². The third-order valence-corrected chi connectivity index (χ3v) is 2.38. The van der Waals surface area contributed by atoms with E-state index >= 15 is 0 Å². The summed E-state index contributed by atoms with van der Waals surface area (Å²) in [7, 11) is 0. The second-order valence-electron chi connectivity index (χ2n) is 3.59. The molecule has 0 fully saturated rings. The zero-order chi connectivity index (χ0) is 12.8. The Kier molecular flexibility index (Phi) is 4.15. The minimum absolute atomic E-state index is 0.437. The van der Waals surface area contributed by atoms with Gasteiger partial charge in [-0.1, -0.05) is 61.2 Å². The Bertz CT molecular complexity index is 553. The fourth-order valence-electron chi connectivity index (χ4n) is 1.49. The molecule has 0 atom stereocenters. The molecule has 0 heterocycles. The molecule has 2 aromatic rings. The van der Waals surface area contributed by atoms with Gasteiger partial charge in [0.25, 0.3) is 5.24 Å². The maximum Gasteiger partial charge on any atom is 0.281 e. The third-order valence-electron chi connectivity index (χ3n) is 2.27. The van der Waals surface area contributed by atoms with Gasteiger partial charge in [0.1, 0.15) is 5.84 Å². The number of amidine groups is 1. The molecule has 0 bridgehead atoms. The van der Waals surface area contributed by atoms with Crippen LogP contribution in [0.15, 0.2) is 65.7 Å². The molecule has 18 heavy (non-hydrogen) atoms. The third kappa shape index (κ3) is 3.46. The van der Waals surface area contributed by atoms with Crippen molar-refractivity contribution in [2.75, 3.05) is 0 Å². The number of hydrogen-bond acceptors (Lipinski definition) is 2. The van der Waals surface area contributed by atoms with E-state index in [1.807, 2.05) is 60.7 Å². The quantitative estimate of drug-likeness (QED) is 0.482. The SMILES string of the molecule is O=C(S)NC(=Nc1ccccc1)c1ccccc1. The molecule has 3 nitrogen and oxygen atoms in total. The Labute approximate surface area is 111 Å². The zero-order valence-corrected chi connectivity index (χ0v) is 10.5. The van der Waals surface area contributed by atoms with Crippen LogP contribution in [-0.4, -0.2) is 11.1 Å². The fraction of sp³-hybridized carbons (Fsp3) is 0. The van der Waals surface area contributed by atoms with Crippen molar-refractivity contribution in [1.82, 2.24) is 5.32 Å². The molecule has 0 unspecified atom stereocenters. The van der Waals surface area contributed by atoms with Crippen molar-refractivity contribution in [2.45, 2.75) is 0 Å². The lowest BCUT2D eigenvalue weighted by atomic mass is 10.2. The van der Waals surface area contributed by atoms with Gasteiger partial charge in [-0.15, -0.1) is 0 Å². The summed E-state index contributed by atoms with van der Waals surface area (Å²) in [6.07, 6.45) is 0. The Morgan fingerprint density at radius 1 is 0.944 bits per heavy atom. The van der Waals surface area contributed by atoms with Crippen LogP contribution in [0, 0.1) is 0 Å². The van der Waals surface area contributed by atoms with Crippen LogP contribution in [0.5, 0.6) is 0 Å². The minimum atomic E-state index is -0.437. The van der Waals surface area contributed by atoms with Crippen LogP contribution in [0.4, 0.5) is 10.5 Å². The van der Waals surface area contributed by atoms with Gasteiger partial charge in [-0.3, -0.25) is 4.79 Å². The van der Waals surface area contributed by atoms with Crippen LogP contribution in [0.1, 0.15) is 5.56 Å². The van der Waals surface area contributed by atoms with E-state index in [-0.39, 0.29) is 0 Å². The van der Waals surface area contributed by atoms with Gasteiger partial charge in [-0.2, -0.15) is 0 Å². The molecule has 0 spiro atoms. The first-order chi connectivity index (χ1) is 8.75. The number of amides is 1. The number of nitrogens with zero attached hydrogens (tertiary/aromatic N) is 1. The maximum absolute atomic E-state index is 11.1. The monoisotopic (exact) mass is 256 g/mol. The number of carbonyl (C=O) groups is 1. The van der Waals surface area contributed by atoms with Crippen molar-refractivity contribution in [2.24, 2.45) is 4.99 Å². The molecule has 0 saturated carbocycles. The first-order valence-corrected chi connectivity index (χ1v) is 5.89. The summed E-state index contributed by atoms with van der Waals surface area (Å²) in [4.78, 5) is 15.5. The predicted molar refractivity (Wildman–Crippen MR) is 76.6 cm³/mol. The first kappa shape index (κ1) is 12.4. The maximum atomic E-state index is 11.1. The zero-order valence-electron chi connectivity index (χ0n) is 9.58. The van der Waals surface area contributed by atoms with Crippen molar-refractivity contribution in [3.63, 3.8) is 0 Å². The topological polar surface area (TPSA) is 41.5 Å². The molecule has 2 rings (SSSR count). The van der Waals surface area contributed by atoms with Crippen LogP contribution in [-0.2, 0) is 0 Å². The Morgan fingerprint density at radius 3 is 2.06 bits per heavy atom. The second kappa shape index (κ2) is 6.02. The van der Waals surface area contributed by atoms with E-state index in [2.05, 4.69) is 22.9 Å². The lowest BCUT2D eigenvalue weighted by molar-refractivity contribution is 0.264. The number of aliphatic imine (C=N–C) groups is 1. The van der Waals surface area contributed by atoms with Gasteiger partial charge in [-0.05, 0) is 12.1 Å². The number of rotatable bonds is 2. The summed E-state index contributed by atoms with van der Waals surface area (Å²) in [5.41, 5.74) is 1.61. The van der Waals surface area contributed by atoms with Gasteiger partial charge >= 0.3 is 0 Å². The molecule has 0 aliphatic heterocycles. The first-order valence-electron chi connectivity index (χ1n) is 5.45. The van der Waals surface area contributed by atoms with E-state index in [0.717, 1.165) is 11.3 Å². The van der Waals surface area contributed by atoms with E-state index < -0.39 is 5.24 Å². The van der Waals surface area contributed by atoms with Crippen molar-refractivity contribution >= 4 is 29.4 Å². The molecule has 1 amide bonds. The number of para-hydroxylation sites is 1. The van der Waals surface area contributed by atoms with Gasteiger partial charge in [-0.25, -0.2) is 4.99 Å². The molecule has 0 aromatic heterocycles. The molecule has 4 heteroatoms. The molecule has 90 valence electrons. The molecule has 0 aliphatic carbocycles. The number of carbonyl (C=O) groups excluding carboxylic acids is 1. The molecule has 2 aromatic carbocycles. The van der Waals surface area contributed by atoms with Crippen molar-refractivity contribution in [3.8, 4) is 0 Å². The van der Waals surface area contributed by atoms with Crippen molar-refractivity contribution < 1.29 is 4.79 Å². The molecular weight excluding hydrogens is 244 g/mol. The highest BCUT2D eigenvalue weighted by atomic mass is 32.1. The van der Waals surface area contributed by atoms with E-state index in [9.17, 15) is 4.79 Å². The van der Waals surface area contributed by atoms with Crippen LogP contribution >= 0.6 is 12.6 Å². The standard InChI is InChI=1S/C14H12N2OS/c17-14(18)16-13(11-7-3-1-4-8-11)15-12-9-5-2-6-10-12/h1-10H,(H2,15,16,17,18). The Morgan fingerprint density at radius 2 is 1.50 bits per heavy atom. The predicted octanol–water partition coefficient (Wildman–Crippen LogP) is 3.40. The van der Waals surface area contributed by atoms with Crippen LogP contribution in [0.2, 0.25) is 0 Å². The molecule has 0 radical (unpaired) electrons. The average molecular weight is 256 g/mol. The lowest BCUT2D eigenvalue weighted by Crippen LogP contribution is -2.26. The highest BCUT2D eigenvalue weighted by Gasteiger charge is 2.05. The minimum Gasteiger partial charge on any atom is -0.301 e. The van der Waals surface area contributed by atoms with Gasteiger partial charge in [0, 0.05) is 5.56 Å². The summed E-state index contributed by atoms with van der Waals surface area (Å²) in [6.45, 7) is 0. The second-order valence-corrected chi connectivity index (χ2v) is 4.00. The number of benzene rings is 2. The number of nitrogens with one attached hydrogen (secondary N) is 1. The van der Waals surface area contributed by atoms with E-state index in [1.165, 1.54) is 0 Å². The van der Waals surface area contributed by atoms with Gasteiger partial charge in [0.05, 0.1) is 5.69 Å². The van der Waals surface area contributed by atoms with Crippen molar-refractivity contribution in [1.29, 1.82) is 0 Å². The molecule has 1 N–H and O–H groups in total.